The lowest BCUT2D eigenvalue weighted by atomic mass is 10.0. The molecule has 4 nitrogen and oxygen atoms in total. The molecule has 1 aromatic rings. The van der Waals surface area contributed by atoms with E-state index in [1.165, 1.54) is 6.21 Å². The number of para-hydroxylation sites is 1. The minimum absolute atomic E-state index is 0.0939. The zero-order valence-corrected chi connectivity index (χ0v) is 14.4. The van der Waals surface area contributed by atoms with Gasteiger partial charge in [-0.25, -0.2) is 0 Å². The standard InChI is InChI=1S/C16H24O3.C2H5N/c1-5-10-14(17)13-11-8-9-12-15(13)18-19-16(4,6-2)7-3;1-2-3/h8-9,11-12H,5-7,10H2,1-4H3;2-3H,1H3. The number of nitrogens with one attached hydrogen (secondary N) is 1. The monoisotopic (exact) mass is 307 g/mol. The van der Waals surface area contributed by atoms with Crippen molar-refractivity contribution in [2.45, 2.75) is 65.9 Å². The third kappa shape index (κ3) is 6.85. The van der Waals surface area contributed by atoms with Gasteiger partial charge in [0.2, 0.25) is 0 Å². The van der Waals surface area contributed by atoms with E-state index >= 15 is 0 Å². The van der Waals surface area contributed by atoms with Crippen LogP contribution in [0.3, 0.4) is 0 Å². The predicted octanol–water partition coefficient (Wildman–Crippen LogP) is 5.21. The highest BCUT2D eigenvalue weighted by Gasteiger charge is 2.23. The largest absolute Gasteiger partial charge is 0.336 e. The van der Waals surface area contributed by atoms with E-state index in [0.29, 0.717) is 17.7 Å². The van der Waals surface area contributed by atoms with Crippen LogP contribution in [0.15, 0.2) is 24.3 Å². The van der Waals surface area contributed by atoms with Crippen molar-refractivity contribution in [2.75, 3.05) is 0 Å². The quantitative estimate of drug-likeness (QED) is 0.310. The van der Waals surface area contributed by atoms with Crippen molar-refractivity contribution >= 4 is 12.0 Å². The van der Waals surface area contributed by atoms with Gasteiger partial charge in [0.25, 0.3) is 0 Å². The van der Waals surface area contributed by atoms with E-state index in [-0.39, 0.29) is 11.4 Å². The van der Waals surface area contributed by atoms with Crippen LogP contribution in [0.25, 0.3) is 0 Å². The molecule has 0 spiro atoms. The Balaban J connectivity index is 0.00000135. The first kappa shape index (κ1) is 20.3. The summed E-state index contributed by atoms with van der Waals surface area (Å²) in [4.78, 5) is 23.0. The molecule has 1 rings (SSSR count). The molecule has 0 aromatic heterocycles. The second-order valence-corrected chi connectivity index (χ2v) is 5.28. The van der Waals surface area contributed by atoms with Crippen LogP contribution in [0.5, 0.6) is 5.75 Å². The van der Waals surface area contributed by atoms with Gasteiger partial charge in [-0.2, -0.15) is 4.89 Å². The molecule has 0 amide bonds. The Kier molecular flexibility index (Phi) is 10.1. The van der Waals surface area contributed by atoms with Crippen LogP contribution in [-0.4, -0.2) is 17.6 Å². The Labute approximate surface area is 134 Å². The highest BCUT2D eigenvalue weighted by atomic mass is 17.2. The molecule has 0 atom stereocenters. The summed E-state index contributed by atoms with van der Waals surface area (Å²) in [6, 6.07) is 7.24. The molecular formula is C18H29NO3. The lowest BCUT2D eigenvalue weighted by Crippen LogP contribution is -2.28. The maximum absolute atomic E-state index is 12.0. The Morgan fingerprint density at radius 2 is 1.77 bits per heavy atom. The first-order valence-electron chi connectivity index (χ1n) is 7.90. The maximum Gasteiger partial charge on any atom is 0.176 e. The van der Waals surface area contributed by atoms with Crippen LogP contribution in [0, 0.1) is 5.41 Å². The number of hydrogen-bond acceptors (Lipinski definition) is 4. The normalized spacial score (nSPS) is 10.4. The molecule has 0 bridgehead atoms. The molecule has 0 saturated carbocycles. The van der Waals surface area contributed by atoms with Gasteiger partial charge in [-0.1, -0.05) is 32.9 Å². The average molecular weight is 307 g/mol. The van der Waals surface area contributed by atoms with Crippen LogP contribution < -0.4 is 4.89 Å². The number of benzene rings is 1. The van der Waals surface area contributed by atoms with Gasteiger partial charge in [-0.05, 0) is 51.5 Å². The zero-order chi connectivity index (χ0) is 17.0. The van der Waals surface area contributed by atoms with E-state index in [1.807, 2.05) is 26.0 Å². The van der Waals surface area contributed by atoms with E-state index in [0.717, 1.165) is 19.3 Å². The fraction of sp³-hybridized carbons (Fsp3) is 0.556. The SMILES string of the molecule is CC=N.CCCC(=O)c1ccccc1OOC(C)(CC)CC. The highest BCUT2D eigenvalue weighted by molar-refractivity contribution is 5.98. The van der Waals surface area contributed by atoms with Crippen LogP contribution in [0.4, 0.5) is 0 Å². The molecule has 0 unspecified atom stereocenters. The topological polar surface area (TPSA) is 59.4 Å². The molecule has 4 heteroatoms. The van der Waals surface area contributed by atoms with Gasteiger partial charge < -0.3 is 10.3 Å². The summed E-state index contributed by atoms with van der Waals surface area (Å²) in [5, 5.41) is 6.08. The van der Waals surface area contributed by atoms with E-state index in [1.54, 1.807) is 19.1 Å². The molecule has 0 radical (unpaired) electrons. The van der Waals surface area contributed by atoms with E-state index in [2.05, 4.69) is 13.8 Å². The number of ketones is 1. The molecule has 1 N–H and O–H groups in total. The Morgan fingerprint density at radius 3 is 2.27 bits per heavy atom. The molecule has 0 aliphatic heterocycles. The molecule has 0 aliphatic carbocycles. The molecule has 124 valence electrons. The van der Waals surface area contributed by atoms with Gasteiger partial charge in [0.05, 0.1) is 5.56 Å². The van der Waals surface area contributed by atoms with Gasteiger partial charge in [-0.3, -0.25) is 4.79 Å². The van der Waals surface area contributed by atoms with Crippen LogP contribution in [0.1, 0.15) is 70.7 Å². The Bertz CT molecular complexity index is 453. The summed E-state index contributed by atoms with van der Waals surface area (Å²) >= 11 is 0. The summed E-state index contributed by atoms with van der Waals surface area (Å²) in [6.45, 7) is 9.77. The second kappa shape index (κ2) is 11.0. The zero-order valence-electron chi connectivity index (χ0n) is 14.4. The van der Waals surface area contributed by atoms with Crippen molar-refractivity contribution in [3.8, 4) is 5.75 Å². The van der Waals surface area contributed by atoms with E-state index < -0.39 is 0 Å². The molecule has 0 aliphatic rings. The fourth-order valence-electron chi connectivity index (χ4n) is 1.64. The number of carbonyl (C=O) groups excluding carboxylic acids is 1. The van der Waals surface area contributed by atoms with Crippen molar-refractivity contribution in [3.05, 3.63) is 29.8 Å². The molecule has 1 aromatic carbocycles. The first-order valence-corrected chi connectivity index (χ1v) is 7.90. The second-order valence-electron chi connectivity index (χ2n) is 5.28. The third-order valence-electron chi connectivity index (χ3n) is 3.49. The molecule has 0 heterocycles. The van der Waals surface area contributed by atoms with Gasteiger partial charge in [0, 0.05) is 6.42 Å². The smallest absolute Gasteiger partial charge is 0.176 e. The molecular weight excluding hydrogens is 278 g/mol. The molecule has 0 saturated heterocycles. The Morgan fingerprint density at radius 1 is 1.23 bits per heavy atom. The van der Waals surface area contributed by atoms with Gasteiger partial charge in [0.15, 0.2) is 11.5 Å². The lowest BCUT2D eigenvalue weighted by molar-refractivity contribution is -0.288. The minimum Gasteiger partial charge on any atom is -0.336 e. The van der Waals surface area contributed by atoms with Crippen molar-refractivity contribution in [3.63, 3.8) is 0 Å². The maximum atomic E-state index is 12.0. The van der Waals surface area contributed by atoms with Gasteiger partial charge in [0.1, 0.15) is 5.60 Å². The van der Waals surface area contributed by atoms with Crippen molar-refractivity contribution in [2.24, 2.45) is 0 Å². The first-order chi connectivity index (χ1) is 10.5. The summed E-state index contributed by atoms with van der Waals surface area (Å²) in [7, 11) is 0. The van der Waals surface area contributed by atoms with Crippen molar-refractivity contribution in [1.29, 1.82) is 5.41 Å². The summed E-state index contributed by atoms with van der Waals surface area (Å²) < 4.78 is 0. The predicted molar refractivity (Wildman–Crippen MR) is 90.8 cm³/mol. The van der Waals surface area contributed by atoms with Gasteiger partial charge in [-0.15, -0.1) is 0 Å². The Hall–Kier alpha value is -1.68. The minimum atomic E-state index is -0.319. The summed E-state index contributed by atoms with van der Waals surface area (Å²) in [5.74, 6) is 0.602. The summed E-state index contributed by atoms with van der Waals surface area (Å²) in [5.41, 5.74) is 0.278. The highest BCUT2D eigenvalue weighted by Crippen LogP contribution is 2.25. The van der Waals surface area contributed by atoms with Gasteiger partial charge >= 0.3 is 0 Å². The van der Waals surface area contributed by atoms with Crippen molar-refractivity contribution in [1.82, 2.24) is 0 Å². The molecule has 0 fully saturated rings. The van der Waals surface area contributed by atoms with E-state index in [9.17, 15) is 4.79 Å². The third-order valence-corrected chi connectivity index (χ3v) is 3.49. The number of rotatable bonds is 8. The number of carbonyl (C=O) groups is 1. The van der Waals surface area contributed by atoms with Crippen LogP contribution in [0.2, 0.25) is 0 Å². The number of hydrogen-bond donors (Lipinski definition) is 1. The van der Waals surface area contributed by atoms with Crippen LogP contribution >= 0.6 is 0 Å². The van der Waals surface area contributed by atoms with E-state index in [4.69, 9.17) is 15.2 Å². The van der Waals surface area contributed by atoms with Crippen molar-refractivity contribution < 1.29 is 14.6 Å². The lowest BCUT2D eigenvalue weighted by Gasteiger charge is -2.25. The summed E-state index contributed by atoms with van der Waals surface area (Å²) in [6.07, 6.45) is 4.32. The number of Topliss-reactive ketones (excluding diaryl/α,β-unsaturated/α-hetero) is 1. The molecule has 22 heavy (non-hydrogen) atoms. The average Bonchev–Trinajstić information content (AvgIpc) is 2.54. The fourth-order valence-corrected chi connectivity index (χ4v) is 1.64. The van der Waals surface area contributed by atoms with Crippen LogP contribution in [-0.2, 0) is 4.89 Å².